The van der Waals surface area contributed by atoms with Crippen molar-refractivity contribution in [1.82, 2.24) is 9.55 Å². The third-order valence-corrected chi connectivity index (χ3v) is 4.30. The Morgan fingerprint density at radius 1 is 1.32 bits per heavy atom. The van der Waals surface area contributed by atoms with Crippen molar-refractivity contribution in [3.05, 3.63) is 35.7 Å². The molecule has 120 valence electrons. The fourth-order valence-corrected chi connectivity index (χ4v) is 3.04. The average molecular weight is 356 g/mol. The SMILES string of the molecule is Cn1cnc(S(=O)(=O)Nc2ccccc2OC(F)(F)F)c1Cl. The number of para-hydroxylation sites is 2. The number of hydrogen-bond donors (Lipinski definition) is 1. The number of sulfonamides is 1. The molecule has 1 N–H and O–H groups in total. The van der Waals surface area contributed by atoms with E-state index in [4.69, 9.17) is 11.6 Å². The Balaban J connectivity index is 2.37. The summed E-state index contributed by atoms with van der Waals surface area (Å²) < 4.78 is 68.2. The second kappa shape index (κ2) is 5.69. The van der Waals surface area contributed by atoms with Gasteiger partial charge in [0.2, 0.25) is 5.03 Å². The molecule has 0 amide bonds. The van der Waals surface area contributed by atoms with Crippen LogP contribution in [0.15, 0.2) is 35.6 Å². The molecule has 6 nitrogen and oxygen atoms in total. The summed E-state index contributed by atoms with van der Waals surface area (Å²) in [7, 11) is -2.80. The highest BCUT2D eigenvalue weighted by molar-refractivity contribution is 7.92. The normalized spacial score (nSPS) is 12.2. The number of hydrogen-bond acceptors (Lipinski definition) is 4. The summed E-state index contributed by atoms with van der Waals surface area (Å²) in [6, 6.07) is 4.72. The number of imidazole rings is 1. The van der Waals surface area contributed by atoms with Gasteiger partial charge in [-0.1, -0.05) is 23.7 Å². The van der Waals surface area contributed by atoms with Gasteiger partial charge in [-0.2, -0.15) is 8.42 Å². The molecule has 1 aromatic carbocycles. The second-order valence-corrected chi connectivity index (χ2v) is 6.06. The predicted octanol–water partition coefficient (Wildman–Crippen LogP) is 2.77. The number of rotatable bonds is 4. The summed E-state index contributed by atoms with van der Waals surface area (Å²) in [5.74, 6) is -0.689. The molecule has 1 aromatic heterocycles. The highest BCUT2D eigenvalue weighted by atomic mass is 35.5. The van der Waals surface area contributed by atoms with Crippen LogP contribution < -0.4 is 9.46 Å². The molecule has 0 unspecified atom stereocenters. The van der Waals surface area contributed by atoms with E-state index in [2.05, 4.69) is 9.72 Å². The third kappa shape index (κ3) is 3.63. The maximum Gasteiger partial charge on any atom is 0.573 e. The van der Waals surface area contributed by atoms with E-state index in [1.807, 2.05) is 4.72 Å². The minimum absolute atomic E-state index is 0.179. The Bertz CT molecular complexity index is 789. The van der Waals surface area contributed by atoms with Gasteiger partial charge >= 0.3 is 6.36 Å². The topological polar surface area (TPSA) is 73.2 Å². The molecule has 0 spiro atoms. The predicted molar refractivity (Wildman–Crippen MR) is 72.2 cm³/mol. The maximum absolute atomic E-state index is 12.3. The van der Waals surface area contributed by atoms with Gasteiger partial charge in [-0.05, 0) is 12.1 Å². The van der Waals surface area contributed by atoms with Gasteiger partial charge in [-0.3, -0.25) is 4.72 Å². The van der Waals surface area contributed by atoms with Crippen molar-refractivity contribution >= 4 is 27.3 Å². The van der Waals surface area contributed by atoms with Crippen LogP contribution in [0, 0.1) is 0 Å². The number of nitrogens with one attached hydrogen (secondary N) is 1. The Morgan fingerprint density at radius 2 is 1.95 bits per heavy atom. The molecule has 0 bridgehead atoms. The Labute approximate surface area is 128 Å². The molecule has 0 saturated heterocycles. The van der Waals surface area contributed by atoms with Gasteiger partial charge in [0, 0.05) is 7.05 Å². The van der Waals surface area contributed by atoms with Crippen molar-refractivity contribution in [3.63, 3.8) is 0 Å². The second-order valence-electron chi connectivity index (χ2n) is 4.10. The van der Waals surface area contributed by atoms with Crippen LogP contribution in [0.25, 0.3) is 0 Å². The van der Waals surface area contributed by atoms with E-state index in [9.17, 15) is 21.6 Å². The van der Waals surface area contributed by atoms with Crippen LogP contribution in [0.2, 0.25) is 5.15 Å². The van der Waals surface area contributed by atoms with Crippen LogP contribution >= 0.6 is 11.6 Å². The van der Waals surface area contributed by atoms with E-state index in [0.29, 0.717) is 0 Å². The maximum atomic E-state index is 12.3. The lowest BCUT2D eigenvalue weighted by Crippen LogP contribution is -2.20. The number of halogens is 4. The zero-order valence-electron chi connectivity index (χ0n) is 10.9. The molecule has 11 heteroatoms. The largest absolute Gasteiger partial charge is 0.573 e. The van der Waals surface area contributed by atoms with Gasteiger partial charge in [0.15, 0.2) is 5.75 Å². The molecule has 0 radical (unpaired) electrons. The highest BCUT2D eigenvalue weighted by Crippen LogP contribution is 2.32. The van der Waals surface area contributed by atoms with Crippen LogP contribution in [0.3, 0.4) is 0 Å². The Kier molecular flexibility index (Phi) is 4.25. The fraction of sp³-hybridized carbons (Fsp3) is 0.182. The first-order valence-electron chi connectivity index (χ1n) is 5.64. The van der Waals surface area contributed by atoms with Crippen LogP contribution in [0.1, 0.15) is 0 Å². The zero-order chi connectivity index (χ0) is 16.5. The number of aromatic nitrogens is 2. The molecule has 2 rings (SSSR count). The number of alkyl halides is 3. The average Bonchev–Trinajstić information content (AvgIpc) is 2.71. The van der Waals surface area contributed by atoms with Crippen LogP contribution in [-0.2, 0) is 17.1 Å². The zero-order valence-corrected chi connectivity index (χ0v) is 12.5. The molecule has 0 fully saturated rings. The molecule has 22 heavy (non-hydrogen) atoms. The molecular formula is C11H9ClF3N3O3S. The van der Waals surface area contributed by atoms with Gasteiger partial charge in [0.05, 0.1) is 12.0 Å². The summed E-state index contributed by atoms with van der Waals surface area (Å²) in [5, 5.41) is -0.680. The fourth-order valence-electron chi connectivity index (χ4n) is 1.53. The van der Waals surface area contributed by atoms with E-state index in [0.717, 1.165) is 18.5 Å². The van der Waals surface area contributed by atoms with E-state index >= 15 is 0 Å². The third-order valence-electron chi connectivity index (χ3n) is 2.45. The molecule has 0 atom stereocenters. The van der Waals surface area contributed by atoms with Crippen molar-refractivity contribution in [2.24, 2.45) is 7.05 Å². The molecule has 0 aliphatic carbocycles. The molecule has 0 aliphatic heterocycles. The summed E-state index contributed by atoms with van der Waals surface area (Å²) in [4.78, 5) is 3.60. The van der Waals surface area contributed by atoms with Crippen LogP contribution in [-0.4, -0.2) is 24.3 Å². The number of nitrogens with zero attached hydrogens (tertiary/aromatic N) is 2. The molecule has 0 aliphatic rings. The minimum Gasteiger partial charge on any atom is -0.404 e. The van der Waals surface area contributed by atoms with Crippen molar-refractivity contribution in [3.8, 4) is 5.75 Å². The molecule has 0 saturated carbocycles. The van der Waals surface area contributed by atoms with Gasteiger partial charge in [0.25, 0.3) is 10.0 Å². The van der Waals surface area contributed by atoms with Crippen molar-refractivity contribution in [2.45, 2.75) is 11.4 Å². The first kappa shape index (κ1) is 16.4. The van der Waals surface area contributed by atoms with Crippen molar-refractivity contribution < 1.29 is 26.3 Å². The van der Waals surface area contributed by atoms with Crippen molar-refractivity contribution in [1.29, 1.82) is 0 Å². The number of anilines is 1. The molecular weight excluding hydrogens is 347 g/mol. The molecule has 2 aromatic rings. The van der Waals surface area contributed by atoms with Crippen LogP contribution in [0.5, 0.6) is 5.75 Å². The lowest BCUT2D eigenvalue weighted by molar-refractivity contribution is -0.274. The first-order chi connectivity index (χ1) is 10.1. The number of benzene rings is 1. The summed E-state index contributed by atoms with van der Waals surface area (Å²) >= 11 is 5.78. The lowest BCUT2D eigenvalue weighted by Gasteiger charge is -2.14. The summed E-state index contributed by atoms with van der Waals surface area (Å²) in [6.07, 6.45) is -3.79. The summed E-state index contributed by atoms with van der Waals surface area (Å²) in [5.41, 5.74) is -0.387. The van der Waals surface area contributed by atoms with E-state index in [1.54, 1.807) is 0 Å². The van der Waals surface area contributed by atoms with Crippen LogP contribution in [0.4, 0.5) is 18.9 Å². The standard InChI is InChI=1S/C11H9ClF3N3O3S/c1-18-6-16-10(9(18)12)22(19,20)17-7-4-2-3-5-8(7)21-11(13,14)15/h2-6,17H,1H3. The number of ether oxygens (including phenoxy) is 1. The summed E-state index contributed by atoms with van der Waals surface area (Å²) in [6.45, 7) is 0. The quantitative estimate of drug-likeness (QED) is 0.915. The van der Waals surface area contributed by atoms with E-state index < -0.39 is 27.2 Å². The smallest absolute Gasteiger partial charge is 0.404 e. The molecule has 1 heterocycles. The lowest BCUT2D eigenvalue weighted by atomic mass is 10.3. The van der Waals surface area contributed by atoms with Gasteiger partial charge in [-0.25, -0.2) is 4.98 Å². The highest BCUT2D eigenvalue weighted by Gasteiger charge is 2.33. The Morgan fingerprint density at radius 3 is 2.50 bits per heavy atom. The first-order valence-corrected chi connectivity index (χ1v) is 7.51. The van der Waals surface area contributed by atoms with Crippen molar-refractivity contribution in [2.75, 3.05) is 4.72 Å². The van der Waals surface area contributed by atoms with E-state index in [-0.39, 0.29) is 10.8 Å². The monoisotopic (exact) mass is 355 g/mol. The Hall–Kier alpha value is -1.94. The van der Waals surface area contributed by atoms with E-state index in [1.165, 1.54) is 23.7 Å². The van der Waals surface area contributed by atoms with Gasteiger partial charge in [0.1, 0.15) is 5.15 Å². The minimum atomic E-state index is -4.95. The van der Waals surface area contributed by atoms with Gasteiger partial charge < -0.3 is 9.30 Å². The number of aryl methyl sites for hydroxylation is 1. The van der Waals surface area contributed by atoms with Gasteiger partial charge in [-0.15, -0.1) is 13.2 Å².